The summed E-state index contributed by atoms with van der Waals surface area (Å²) in [4.78, 5) is 45.3. The van der Waals surface area contributed by atoms with Crippen LogP contribution in [0.4, 0.5) is 21.0 Å². The number of rotatable bonds is 7. The van der Waals surface area contributed by atoms with E-state index in [0.717, 1.165) is 0 Å². The van der Waals surface area contributed by atoms with Crippen LogP contribution in [-0.2, 0) is 20.9 Å². The molecule has 0 aromatic heterocycles. The summed E-state index contributed by atoms with van der Waals surface area (Å²) in [5.41, 5.74) is 0.333. The molecule has 0 heterocycles. The average molecular weight is 445 g/mol. The number of nitro groups is 1. The molecule has 2 N–H and O–H groups in total. The van der Waals surface area contributed by atoms with Crippen LogP contribution >= 0.6 is 0 Å². The minimum atomic E-state index is -0.968. The summed E-state index contributed by atoms with van der Waals surface area (Å²) in [6, 6.07) is 11.5. The molecular formula is C21H23N3O8. The van der Waals surface area contributed by atoms with Crippen molar-refractivity contribution in [3.63, 3.8) is 0 Å². The van der Waals surface area contributed by atoms with Crippen molar-refractivity contribution in [3.05, 3.63) is 64.2 Å². The van der Waals surface area contributed by atoms with Gasteiger partial charge in [-0.05, 0) is 50.6 Å². The third-order valence-corrected chi connectivity index (χ3v) is 3.64. The Balaban J connectivity index is 1.75. The van der Waals surface area contributed by atoms with E-state index in [1.807, 2.05) is 0 Å². The Hall–Kier alpha value is -4.15. The van der Waals surface area contributed by atoms with Crippen molar-refractivity contribution < 1.29 is 33.5 Å². The second kappa shape index (κ2) is 10.8. The lowest BCUT2D eigenvalue weighted by molar-refractivity contribution is -0.384. The average Bonchev–Trinajstić information content (AvgIpc) is 2.71. The maximum atomic E-state index is 11.9. The quantitative estimate of drug-likeness (QED) is 0.283. The van der Waals surface area contributed by atoms with E-state index in [1.54, 1.807) is 45.0 Å². The molecule has 170 valence electrons. The summed E-state index contributed by atoms with van der Waals surface area (Å²) >= 11 is 0. The van der Waals surface area contributed by atoms with Crippen LogP contribution in [0.1, 0.15) is 26.3 Å². The Bertz CT molecular complexity index is 966. The Morgan fingerprint density at radius 1 is 1.00 bits per heavy atom. The van der Waals surface area contributed by atoms with Crippen LogP contribution in [0.5, 0.6) is 5.75 Å². The van der Waals surface area contributed by atoms with E-state index in [2.05, 4.69) is 10.6 Å². The molecule has 2 amide bonds. The van der Waals surface area contributed by atoms with Gasteiger partial charge in [0, 0.05) is 17.8 Å². The number of amides is 2. The molecule has 2 rings (SSSR count). The van der Waals surface area contributed by atoms with E-state index in [9.17, 15) is 24.5 Å². The van der Waals surface area contributed by atoms with Crippen molar-refractivity contribution in [1.82, 2.24) is 5.32 Å². The molecule has 11 heteroatoms. The van der Waals surface area contributed by atoms with Crippen LogP contribution in [0.3, 0.4) is 0 Å². The molecule has 0 fully saturated rings. The molecule has 2 aromatic carbocycles. The second-order valence-electron chi connectivity index (χ2n) is 7.49. The van der Waals surface area contributed by atoms with Crippen LogP contribution in [0.25, 0.3) is 0 Å². The standard InChI is InChI=1S/C21H23N3O8/c1-21(2,3)32-19(26)22-12-18(25)23-15-6-4-14(5-7-15)13-30-20(27)31-17-10-8-16(9-11-17)24(28)29/h4-11H,12-13H2,1-3H3,(H,22,26)(H,23,25). The predicted octanol–water partition coefficient (Wildman–Crippen LogP) is 3.77. The number of alkyl carbamates (subject to hydrolysis) is 1. The minimum absolute atomic E-state index is 0.0831. The molecule has 32 heavy (non-hydrogen) atoms. The third kappa shape index (κ3) is 8.69. The summed E-state index contributed by atoms with van der Waals surface area (Å²) in [5.74, 6) is -0.329. The van der Waals surface area contributed by atoms with Gasteiger partial charge in [0.1, 0.15) is 24.5 Å². The number of ether oxygens (including phenoxy) is 3. The van der Waals surface area contributed by atoms with Gasteiger partial charge in [0.25, 0.3) is 5.69 Å². The highest BCUT2D eigenvalue weighted by atomic mass is 16.7. The molecule has 11 nitrogen and oxygen atoms in total. The minimum Gasteiger partial charge on any atom is -0.444 e. The van der Waals surface area contributed by atoms with Crippen molar-refractivity contribution in [1.29, 1.82) is 0 Å². The first-order valence-electron chi connectivity index (χ1n) is 9.46. The van der Waals surface area contributed by atoms with Crippen LogP contribution in [0.15, 0.2) is 48.5 Å². The summed E-state index contributed by atoms with van der Waals surface area (Å²) in [6.45, 7) is 4.81. The molecule has 2 aromatic rings. The first-order chi connectivity index (χ1) is 15.0. The number of hydrogen-bond donors (Lipinski definition) is 2. The molecule has 0 spiro atoms. The fraction of sp³-hybridized carbons (Fsp3) is 0.286. The van der Waals surface area contributed by atoms with E-state index < -0.39 is 28.7 Å². The topological polar surface area (TPSA) is 146 Å². The van der Waals surface area contributed by atoms with Gasteiger partial charge in [-0.25, -0.2) is 9.59 Å². The van der Waals surface area contributed by atoms with Crippen molar-refractivity contribution in [2.45, 2.75) is 33.0 Å². The normalized spacial score (nSPS) is 10.6. The Labute approximate surface area is 183 Å². The number of anilines is 1. The fourth-order valence-corrected chi connectivity index (χ4v) is 2.26. The molecule has 0 atom stereocenters. The second-order valence-corrected chi connectivity index (χ2v) is 7.49. The van der Waals surface area contributed by atoms with Crippen molar-refractivity contribution >= 4 is 29.5 Å². The molecule has 0 bridgehead atoms. The number of nitrogens with one attached hydrogen (secondary N) is 2. The van der Waals surface area contributed by atoms with Crippen LogP contribution in [0.2, 0.25) is 0 Å². The van der Waals surface area contributed by atoms with Gasteiger partial charge >= 0.3 is 12.2 Å². The van der Waals surface area contributed by atoms with Gasteiger partial charge in [0.2, 0.25) is 5.91 Å². The lowest BCUT2D eigenvalue weighted by Crippen LogP contribution is -2.37. The Morgan fingerprint density at radius 2 is 1.62 bits per heavy atom. The molecule has 0 unspecified atom stereocenters. The highest BCUT2D eigenvalue weighted by Crippen LogP contribution is 2.18. The number of benzene rings is 2. The van der Waals surface area contributed by atoms with Gasteiger partial charge in [-0.15, -0.1) is 0 Å². The zero-order valence-electron chi connectivity index (χ0n) is 17.7. The molecule has 0 saturated carbocycles. The fourth-order valence-electron chi connectivity index (χ4n) is 2.26. The zero-order valence-corrected chi connectivity index (χ0v) is 17.7. The number of nitro benzene ring substituents is 1. The molecule has 0 aliphatic rings. The summed E-state index contributed by atoms with van der Waals surface area (Å²) in [5, 5.41) is 15.6. The van der Waals surface area contributed by atoms with E-state index in [-0.39, 0.29) is 24.6 Å². The van der Waals surface area contributed by atoms with Crippen molar-refractivity contribution in [3.8, 4) is 5.75 Å². The lowest BCUT2D eigenvalue weighted by Gasteiger charge is -2.19. The van der Waals surface area contributed by atoms with Gasteiger partial charge in [0.05, 0.1) is 4.92 Å². The Morgan fingerprint density at radius 3 is 2.19 bits per heavy atom. The number of carbonyl (C=O) groups is 3. The summed E-state index contributed by atoms with van der Waals surface area (Å²) in [7, 11) is 0. The summed E-state index contributed by atoms with van der Waals surface area (Å²) < 4.78 is 15.0. The number of carbonyl (C=O) groups excluding carboxylic acids is 3. The molecule has 0 aliphatic heterocycles. The molecule has 0 aliphatic carbocycles. The highest BCUT2D eigenvalue weighted by Gasteiger charge is 2.16. The van der Waals surface area contributed by atoms with Crippen LogP contribution in [-0.4, -0.2) is 35.2 Å². The molecule has 0 radical (unpaired) electrons. The Kier molecular flexibility index (Phi) is 8.11. The smallest absolute Gasteiger partial charge is 0.444 e. The maximum absolute atomic E-state index is 11.9. The first-order valence-corrected chi connectivity index (χ1v) is 9.46. The lowest BCUT2D eigenvalue weighted by atomic mass is 10.2. The van der Waals surface area contributed by atoms with E-state index in [1.165, 1.54) is 24.3 Å². The van der Waals surface area contributed by atoms with Crippen LogP contribution < -0.4 is 15.4 Å². The summed E-state index contributed by atoms with van der Waals surface area (Å²) in [6.07, 6.45) is -1.66. The number of nitrogens with zero attached hydrogens (tertiary/aromatic N) is 1. The number of hydrogen-bond acceptors (Lipinski definition) is 8. The van der Waals surface area contributed by atoms with Gasteiger partial charge in [0.15, 0.2) is 0 Å². The highest BCUT2D eigenvalue weighted by molar-refractivity contribution is 5.93. The SMILES string of the molecule is CC(C)(C)OC(=O)NCC(=O)Nc1ccc(COC(=O)Oc2ccc([N+](=O)[O-])cc2)cc1. The first kappa shape index (κ1) is 24.1. The van der Waals surface area contributed by atoms with Gasteiger partial charge in [-0.2, -0.15) is 0 Å². The predicted molar refractivity (Wildman–Crippen MR) is 113 cm³/mol. The van der Waals surface area contributed by atoms with E-state index in [0.29, 0.717) is 11.3 Å². The third-order valence-electron chi connectivity index (χ3n) is 3.64. The number of non-ortho nitro benzene ring substituents is 1. The van der Waals surface area contributed by atoms with Crippen molar-refractivity contribution in [2.75, 3.05) is 11.9 Å². The van der Waals surface area contributed by atoms with E-state index >= 15 is 0 Å². The van der Waals surface area contributed by atoms with Gasteiger partial charge < -0.3 is 24.8 Å². The van der Waals surface area contributed by atoms with Gasteiger partial charge in [-0.3, -0.25) is 14.9 Å². The largest absolute Gasteiger partial charge is 0.514 e. The van der Waals surface area contributed by atoms with Crippen LogP contribution in [0, 0.1) is 10.1 Å². The van der Waals surface area contributed by atoms with E-state index in [4.69, 9.17) is 14.2 Å². The maximum Gasteiger partial charge on any atom is 0.514 e. The molecule has 0 saturated heterocycles. The monoisotopic (exact) mass is 445 g/mol. The molecular weight excluding hydrogens is 422 g/mol. The van der Waals surface area contributed by atoms with Crippen molar-refractivity contribution in [2.24, 2.45) is 0 Å². The zero-order chi connectivity index (χ0) is 23.7. The van der Waals surface area contributed by atoms with Gasteiger partial charge in [-0.1, -0.05) is 12.1 Å².